The fourth-order valence-electron chi connectivity index (χ4n) is 3.57. The van der Waals surface area contributed by atoms with Gasteiger partial charge in [-0.2, -0.15) is 5.26 Å². The third kappa shape index (κ3) is 4.19. The number of ether oxygens (including phenoxy) is 2. The van der Waals surface area contributed by atoms with Crippen LogP contribution >= 0.6 is 11.3 Å². The number of carbonyl (C=O) groups excluding carboxylic acids is 1. The van der Waals surface area contributed by atoms with Gasteiger partial charge in [0.2, 0.25) is 5.78 Å². The number of benzene rings is 2. The summed E-state index contributed by atoms with van der Waals surface area (Å²) < 4.78 is 15.9. The molecule has 0 saturated carbocycles. The van der Waals surface area contributed by atoms with Gasteiger partial charge in [-0.05, 0) is 24.6 Å². The van der Waals surface area contributed by atoms with E-state index in [1.54, 1.807) is 27.2 Å². The van der Waals surface area contributed by atoms with Crippen LogP contribution in [0.25, 0.3) is 11.3 Å². The van der Waals surface area contributed by atoms with Gasteiger partial charge in [0.05, 0.1) is 25.5 Å². The van der Waals surface area contributed by atoms with Gasteiger partial charge in [0.15, 0.2) is 11.5 Å². The Morgan fingerprint density at radius 1 is 1.18 bits per heavy atom. The fourth-order valence-corrected chi connectivity index (χ4v) is 4.58. The molecule has 0 aliphatic carbocycles. The number of carbonyl (C=O) groups is 1. The van der Waals surface area contributed by atoms with Crippen LogP contribution in [-0.4, -0.2) is 25.2 Å². The first-order chi connectivity index (χ1) is 16.5. The zero-order chi connectivity index (χ0) is 24.2. The van der Waals surface area contributed by atoms with Crippen molar-refractivity contribution >= 4 is 27.8 Å². The summed E-state index contributed by atoms with van der Waals surface area (Å²) in [5.74, 6) is 1.27. The first kappa shape index (κ1) is 22.9. The molecule has 0 aliphatic rings. The van der Waals surface area contributed by atoms with E-state index in [1.807, 2.05) is 42.5 Å². The molecule has 2 heterocycles. The van der Waals surface area contributed by atoms with Crippen LogP contribution in [0.5, 0.6) is 11.5 Å². The molecule has 8 nitrogen and oxygen atoms in total. The molecule has 3 N–H and O–H groups in total. The van der Waals surface area contributed by atoms with Crippen LogP contribution in [0.15, 0.2) is 53.1 Å². The van der Waals surface area contributed by atoms with Gasteiger partial charge in [-0.15, -0.1) is 11.3 Å². The van der Waals surface area contributed by atoms with Crippen LogP contribution < -0.4 is 20.5 Å². The zero-order valence-corrected chi connectivity index (χ0v) is 19.7. The number of nitrogen functional groups attached to an aromatic ring is 1. The first-order valence-corrected chi connectivity index (χ1v) is 11.1. The molecule has 0 fully saturated rings. The summed E-state index contributed by atoms with van der Waals surface area (Å²) in [6, 6.07) is 16.9. The van der Waals surface area contributed by atoms with Gasteiger partial charge in [-0.3, -0.25) is 4.79 Å². The highest BCUT2D eigenvalue weighted by Gasteiger charge is 2.28. The summed E-state index contributed by atoms with van der Waals surface area (Å²) in [7, 11) is 3.14. The lowest BCUT2D eigenvalue weighted by atomic mass is 10.0. The SMILES string of the molecule is COc1ccc(CNc2sc(C(=O)c3c(-c4ccccc4)noc3C)c(N)c2C#N)cc1OC. The number of methoxy groups -OCH3 is 2. The number of hydrogen-bond donors (Lipinski definition) is 2. The zero-order valence-electron chi connectivity index (χ0n) is 18.8. The summed E-state index contributed by atoms with van der Waals surface area (Å²) in [6.07, 6.45) is 0. The van der Waals surface area contributed by atoms with E-state index in [4.69, 9.17) is 19.7 Å². The van der Waals surface area contributed by atoms with Crippen molar-refractivity contribution in [3.8, 4) is 28.8 Å². The number of nitriles is 1. The lowest BCUT2D eigenvalue weighted by Gasteiger charge is -2.10. The molecule has 0 unspecified atom stereocenters. The molecule has 4 aromatic rings. The predicted octanol–water partition coefficient (Wildman–Crippen LogP) is 5.03. The second kappa shape index (κ2) is 9.68. The largest absolute Gasteiger partial charge is 0.493 e. The van der Waals surface area contributed by atoms with Gasteiger partial charge in [-0.1, -0.05) is 41.6 Å². The number of aromatic nitrogens is 1. The van der Waals surface area contributed by atoms with E-state index in [-0.39, 0.29) is 21.9 Å². The standard InChI is InChI=1S/C25H22N4O4S/c1-14-20(22(29-33-14)16-7-5-4-6-8-16)23(30)24-21(27)17(12-26)25(34-24)28-13-15-9-10-18(31-2)19(11-15)32-3/h4-11,28H,13,27H2,1-3H3. The average molecular weight is 475 g/mol. The highest BCUT2D eigenvalue weighted by molar-refractivity contribution is 7.19. The number of thiophene rings is 1. The van der Waals surface area contributed by atoms with Crippen LogP contribution in [0.1, 0.15) is 32.1 Å². The molecule has 0 aliphatic heterocycles. The van der Waals surface area contributed by atoms with Gasteiger partial charge in [0.25, 0.3) is 0 Å². The number of nitrogens with zero attached hydrogens (tertiary/aromatic N) is 2. The van der Waals surface area contributed by atoms with Crippen molar-refractivity contribution in [2.24, 2.45) is 0 Å². The number of nitrogens with one attached hydrogen (secondary N) is 1. The Morgan fingerprint density at radius 2 is 1.91 bits per heavy atom. The van der Waals surface area contributed by atoms with Gasteiger partial charge in [0, 0.05) is 12.1 Å². The molecule has 9 heteroatoms. The average Bonchev–Trinajstić information content (AvgIpc) is 3.41. The molecule has 2 aromatic carbocycles. The summed E-state index contributed by atoms with van der Waals surface area (Å²) in [6.45, 7) is 2.07. The van der Waals surface area contributed by atoms with E-state index in [1.165, 1.54) is 0 Å². The van der Waals surface area contributed by atoms with Gasteiger partial charge < -0.3 is 25.0 Å². The topological polar surface area (TPSA) is 123 Å². The monoisotopic (exact) mass is 474 g/mol. The highest BCUT2D eigenvalue weighted by Crippen LogP contribution is 2.39. The molecule has 0 radical (unpaired) electrons. The minimum Gasteiger partial charge on any atom is -0.493 e. The Morgan fingerprint density at radius 3 is 2.59 bits per heavy atom. The molecule has 0 saturated heterocycles. The van der Waals surface area contributed by atoms with E-state index in [2.05, 4.69) is 16.5 Å². The van der Waals surface area contributed by atoms with Crippen LogP contribution in [0.4, 0.5) is 10.7 Å². The summed E-state index contributed by atoms with van der Waals surface area (Å²) in [4.78, 5) is 13.8. The summed E-state index contributed by atoms with van der Waals surface area (Å²) in [5.41, 5.74) is 9.04. The highest BCUT2D eigenvalue weighted by atomic mass is 32.1. The number of nitrogens with two attached hydrogens (primary N) is 1. The van der Waals surface area contributed by atoms with Crippen LogP contribution in [0.2, 0.25) is 0 Å². The maximum Gasteiger partial charge on any atom is 0.211 e. The van der Waals surface area contributed by atoms with Crippen molar-refractivity contribution in [2.45, 2.75) is 13.5 Å². The molecule has 0 amide bonds. The number of aryl methyl sites for hydroxylation is 1. The van der Waals surface area contributed by atoms with E-state index in [0.29, 0.717) is 40.1 Å². The predicted molar refractivity (Wildman–Crippen MR) is 130 cm³/mol. The minimum absolute atomic E-state index is 0.131. The van der Waals surface area contributed by atoms with Crippen molar-refractivity contribution in [3.05, 3.63) is 75.9 Å². The maximum atomic E-state index is 13.5. The Labute approximate surface area is 200 Å². The van der Waals surface area contributed by atoms with E-state index in [9.17, 15) is 10.1 Å². The Kier molecular flexibility index (Phi) is 6.52. The van der Waals surface area contributed by atoms with Crippen molar-refractivity contribution < 1.29 is 18.8 Å². The maximum absolute atomic E-state index is 13.5. The molecule has 0 atom stereocenters. The van der Waals surface area contributed by atoms with Crippen molar-refractivity contribution in [1.29, 1.82) is 5.26 Å². The smallest absolute Gasteiger partial charge is 0.211 e. The lowest BCUT2D eigenvalue weighted by molar-refractivity contribution is 0.104. The summed E-state index contributed by atoms with van der Waals surface area (Å²) in [5, 5.41) is 17.5. The quantitative estimate of drug-likeness (QED) is 0.341. The molecule has 0 spiro atoms. The van der Waals surface area contributed by atoms with Crippen molar-refractivity contribution in [1.82, 2.24) is 5.16 Å². The van der Waals surface area contributed by atoms with Gasteiger partial charge >= 0.3 is 0 Å². The first-order valence-electron chi connectivity index (χ1n) is 10.3. The minimum atomic E-state index is -0.337. The van der Waals surface area contributed by atoms with E-state index in [0.717, 1.165) is 22.5 Å². The Hall–Kier alpha value is -4.29. The summed E-state index contributed by atoms with van der Waals surface area (Å²) >= 11 is 1.13. The molecule has 34 heavy (non-hydrogen) atoms. The molecule has 0 bridgehead atoms. The van der Waals surface area contributed by atoms with Crippen LogP contribution in [0, 0.1) is 18.3 Å². The van der Waals surface area contributed by atoms with Gasteiger partial charge in [-0.25, -0.2) is 0 Å². The second-order valence-electron chi connectivity index (χ2n) is 7.36. The van der Waals surface area contributed by atoms with Crippen molar-refractivity contribution in [3.63, 3.8) is 0 Å². The van der Waals surface area contributed by atoms with E-state index < -0.39 is 0 Å². The van der Waals surface area contributed by atoms with Gasteiger partial charge in [0.1, 0.15) is 33.0 Å². The van der Waals surface area contributed by atoms with Crippen LogP contribution in [0.3, 0.4) is 0 Å². The van der Waals surface area contributed by atoms with Crippen molar-refractivity contribution in [2.75, 3.05) is 25.3 Å². The number of rotatable bonds is 8. The number of anilines is 2. The third-order valence-corrected chi connectivity index (χ3v) is 6.46. The van der Waals surface area contributed by atoms with E-state index >= 15 is 0 Å². The fraction of sp³-hybridized carbons (Fsp3) is 0.160. The second-order valence-corrected chi connectivity index (χ2v) is 8.38. The molecular weight excluding hydrogens is 452 g/mol. The number of hydrogen-bond acceptors (Lipinski definition) is 9. The number of ketones is 1. The van der Waals surface area contributed by atoms with Crippen LogP contribution in [-0.2, 0) is 6.54 Å². The normalized spacial score (nSPS) is 10.5. The third-order valence-electron chi connectivity index (χ3n) is 5.30. The Balaban J connectivity index is 1.65. The molecular formula is C25H22N4O4S. The Bertz CT molecular complexity index is 1390. The molecule has 4 rings (SSSR count). The molecule has 172 valence electrons. The lowest BCUT2D eigenvalue weighted by Crippen LogP contribution is -2.05. The molecule has 2 aromatic heterocycles.